The van der Waals surface area contributed by atoms with Crippen LogP contribution in [0.4, 0.5) is 10.7 Å². The van der Waals surface area contributed by atoms with Crippen molar-refractivity contribution in [2.75, 3.05) is 59.9 Å². The highest BCUT2D eigenvalue weighted by Crippen LogP contribution is 2.44. The lowest BCUT2D eigenvalue weighted by Gasteiger charge is -2.20. The van der Waals surface area contributed by atoms with Crippen LogP contribution in [-0.4, -0.2) is 61.5 Å². The lowest BCUT2D eigenvalue weighted by atomic mass is 9.95. The van der Waals surface area contributed by atoms with Crippen LogP contribution >= 0.6 is 11.3 Å². The molecule has 1 aromatic heterocycles. The Morgan fingerprint density at radius 1 is 0.750 bits per heavy atom. The predicted molar refractivity (Wildman–Crippen MR) is 154 cm³/mol. The van der Waals surface area contributed by atoms with Crippen LogP contribution < -0.4 is 38.6 Å². The van der Waals surface area contributed by atoms with E-state index < -0.39 is 0 Å². The first-order chi connectivity index (χ1) is 19.3. The molecule has 10 nitrogen and oxygen atoms in total. The summed E-state index contributed by atoms with van der Waals surface area (Å²) in [5, 5.41) is 3.54. The zero-order valence-electron chi connectivity index (χ0n) is 23.8. The molecule has 0 bridgehead atoms. The summed E-state index contributed by atoms with van der Waals surface area (Å²) in [4.78, 5) is 30.2. The summed E-state index contributed by atoms with van der Waals surface area (Å²) < 4.78 is 32.6. The minimum atomic E-state index is -0.326. The van der Waals surface area contributed by atoms with Gasteiger partial charge in [0.25, 0.3) is 11.8 Å². The number of nitrogens with one attached hydrogen (secondary N) is 1. The van der Waals surface area contributed by atoms with E-state index in [4.69, 9.17) is 28.4 Å². The minimum Gasteiger partial charge on any atom is -0.493 e. The van der Waals surface area contributed by atoms with E-state index in [1.807, 2.05) is 0 Å². The Balaban J connectivity index is 1.74. The number of nitrogens with zero attached hydrogens (tertiary/aromatic N) is 1. The van der Waals surface area contributed by atoms with Gasteiger partial charge in [0.1, 0.15) is 5.00 Å². The number of thiophene rings is 1. The first-order valence-corrected chi connectivity index (χ1v) is 13.5. The van der Waals surface area contributed by atoms with Gasteiger partial charge in [-0.2, -0.15) is 0 Å². The molecule has 3 aromatic rings. The predicted octanol–water partition coefficient (Wildman–Crippen LogP) is 5.21. The Labute approximate surface area is 237 Å². The van der Waals surface area contributed by atoms with Crippen molar-refractivity contribution in [3.8, 4) is 34.5 Å². The Hall–Kier alpha value is -4.12. The number of ether oxygens (including phenoxy) is 6. The van der Waals surface area contributed by atoms with E-state index in [1.165, 1.54) is 58.9 Å². The largest absolute Gasteiger partial charge is 0.493 e. The summed E-state index contributed by atoms with van der Waals surface area (Å²) in [6.07, 6.45) is 3.62. The third-order valence-corrected chi connectivity index (χ3v) is 8.19. The van der Waals surface area contributed by atoms with Gasteiger partial charge in [0.15, 0.2) is 23.0 Å². The van der Waals surface area contributed by atoms with Gasteiger partial charge in [-0.1, -0.05) is 0 Å². The number of fused-ring (bicyclic) bond motifs is 1. The highest BCUT2D eigenvalue weighted by atomic mass is 32.1. The number of rotatable bonds is 10. The van der Waals surface area contributed by atoms with E-state index in [-0.39, 0.29) is 11.8 Å². The molecule has 0 fully saturated rings. The zero-order valence-corrected chi connectivity index (χ0v) is 24.6. The number of hydrogen-bond acceptors (Lipinski definition) is 9. The average molecular weight is 571 g/mol. The van der Waals surface area contributed by atoms with Crippen LogP contribution in [-0.2, 0) is 12.8 Å². The first-order valence-electron chi connectivity index (χ1n) is 12.7. The summed E-state index contributed by atoms with van der Waals surface area (Å²) >= 11 is 1.47. The number of carbonyl (C=O) groups is 2. The van der Waals surface area contributed by atoms with Gasteiger partial charge in [-0.05, 0) is 43.4 Å². The molecule has 0 atom stereocenters. The number of methoxy groups -OCH3 is 6. The quantitative estimate of drug-likeness (QED) is 0.354. The monoisotopic (exact) mass is 570 g/mol. The van der Waals surface area contributed by atoms with Crippen molar-refractivity contribution in [1.82, 2.24) is 0 Å². The standard InChI is InChI=1S/C29H34N2O8S/c1-31(28(33)16-12-19(34-2)25(38-6)20(13-16)35-3)29-24(18-10-8-9-11-23(18)40-29)27(32)30-17-14-21(36-4)26(39-7)22(15-17)37-5/h12-15H,8-11H2,1-7H3,(H,30,32). The molecular formula is C29H34N2O8S. The Kier molecular flexibility index (Phi) is 8.93. The molecule has 11 heteroatoms. The number of carbonyl (C=O) groups excluding carboxylic acids is 2. The topological polar surface area (TPSA) is 105 Å². The van der Waals surface area contributed by atoms with E-state index >= 15 is 0 Å². The number of benzene rings is 2. The lowest BCUT2D eigenvalue weighted by molar-refractivity contribution is 0.0992. The number of amides is 2. The summed E-state index contributed by atoms with van der Waals surface area (Å²) in [5.41, 5.74) is 2.26. The Bertz CT molecular complexity index is 1370. The van der Waals surface area contributed by atoms with Crippen molar-refractivity contribution < 1.29 is 38.0 Å². The van der Waals surface area contributed by atoms with Crippen LogP contribution in [0.25, 0.3) is 0 Å². The maximum absolute atomic E-state index is 13.9. The molecule has 4 rings (SSSR count). The van der Waals surface area contributed by atoms with Gasteiger partial charge in [-0.3, -0.25) is 9.59 Å². The molecule has 0 saturated carbocycles. The van der Waals surface area contributed by atoms with E-state index in [1.54, 1.807) is 31.3 Å². The Morgan fingerprint density at radius 3 is 1.75 bits per heavy atom. The summed E-state index contributed by atoms with van der Waals surface area (Å²) in [6, 6.07) is 6.54. The summed E-state index contributed by atoms with van der Waals surface area (Å²) in [7, 11) is 10.7. The van der Waals surface area contributed by atoms with E-state index in [9.17, 15) is 9.59 Å². The molecule has 214 valence electrons. The van der Waals surface area contributed by atoms with Gasteiger partial charge >= 0.3 is 0 Å². The molecule has 0 unspecified atom stereocenters. The van der Waals surface area contributed by atoms with Gasteiger partial charge < -0.3 is 38.6 Å². The molecule has 40 heavy (non-hydrogen) atoms. The smallest absolute Gasteiger partial charge is 0.258 e. The lowest BCUT2D eigenvalue weighted by Crippen LogP contribution is -2.28. The number of anilines is 2. The van der Waals surface area contributed by atoms with Crippen molar-refractivity contribution in [3.05, 3.63) is 45.8 Å². The zero-order chi connectivity index (χ0) is 29.0. The third kappa shape index (κ3) is 5.33. The molecule has 0 radical (unpaired) electrons. The van der Waals surface area contributed by atoms with Gasteiger partial charge in [-0.15, -0.1) is 11.3 Å². The molecule has 1 aliphatic carbocycles. The second-order valence-electron chi connectivity index (χ2n) is 9.04. The normalized spacial score (nSPS) is 12.2. The second kappa shape index (κ2) is 12.4. The minimum absolute atomic E-state index is 0.320. The van der Waals surface area contributed by atoms with Gasteiger partial charge in [0.05, 0.1) is 48.2 Å². The average Bonchev–Trinajstić information content (AvgIpc) is 3.38. The SMILES string of the molecule is COc1cc(NC(=O)c2c(N(C)C(=O)c3cc(OC)c(OC)c(OC)c3)sc3c2CCCC3)cc(OC)c1OC. The fourth-order valence-corrected chi connectivity index (χ4v) is 6.20. The summed E-state index contributed by atoms with van der Waals surface area (Å²) in [5.74, 6) is 1.73. The van der Waals surface area contributed by atoms with Crippen molar-refractivity contribution in [2.45, 2.75) is 25.7 Å². The second-order valence-corrected chi connectivity index (χ2v) is 10.1. The molecule has 2 amide bonds. The van der Waals surface area contributed by atoms with Gasteiger partial charge in [0.2, 0.25) is 11.5 Å². The van der Waals surface area contributed by atoms with E-state index in [0.29, 0.717) is 56.3 Å². The Morgan fingerprint density at radius 2 is 1.25 bits per heavy atom. The van der Waals surface area contributed by atoms with Gasteiger partial charge in [-0.25, -0.2) is 0 Å². The van der Waals surface area contributed by atoms with Crippen molar-refractivity contribution >= 4 is 33.8 Å². The highest BCUT2D eigenvalue weighted by molar-refractivity contribution is 7.17. The van der Waals surface area contributed by atoms with E-state index in [0.717, 1.165) is 36.1 Å². The fraction of sp³-hybridized carbons (Fsp3) is 0.379. The van der Waals surface area contributed by atoms with Crippen molar-refractivity contribution in [3.63, 3.8) is 0 Å². The third-order valence-electron chi connectivity index (χ3n) is 6.82. The molecule has 1 heterocycles. The molecule has 0 spiro atoms. The number of aryl methyl sites for hydroxylation is 1. The molecule has 0 saturated heterocycles. The highest BCUT2D eigenvalue weighted by Gasteiger charge is 2.31. The van der Waals surface area contributed by atoms with Crippen LogP contribution in [0.5, 0.6) is 34.5 Å². The van der Waals surface area contributed by atoms with Crippen LogP contribution in [0.15, 0.2) is 24.3 Å². The molecular weight excluding hydrogens is 536 g/mol. The molecule has 2 aromatic carbocycles. The first kappa shape index (κ1) is 28.9. The summed E-state index contributed by atoms with van der Waals surface area (Å²) in [6.45, 7) is 0. The number of hydrogen-bond donors (Lipinski definition) is 1. The van der Waals surface area contributed by atoms with Crippen LogP contribution in [0.1, 0.15) is 44.0 Å². The van der Waals surface area contributed by atoms with Crippen LogP contribution in [0.2, 0.25) is 0 Å². The van der Waals surface area contributed by atoms with Gasteiger partial charge in [0, 0.05) is 35.3 Å². The van der Waals surface area contributed by atoms with Crippen molar-refractivity contribution in [1.29, 1.82) is 0 Å². The van der Waals surface area contributed by atoms with E-state index in [2.05, 4.69) is 5.32 Å². The van der Waals surface area contributed by atoms with Crippen molar-refractivity contribution in [2.24, 2.45) is 0 Å². The molecule has 0 aliphatic heterocycles. The van der Waals surface area contributed by atoms with Crippen LogP contribution in [0.3, 0.4) is 0 Å². The maximum Gasteiger partial charge on any atom is 0.258 e. The van der Waals surface area contributed by atoms with Crippen LogP contribution in [0, 0.1) is 0 Å². The molecule has 1 N–H and O–H groups in total. The molecule has 1 aliphatic rings. The maximum atomic E-state index is 13.9. The fourth-order valence-electron chi connectivity index (χ4n) is 4.86.